The fourth-order valence-electron chi connectivity index (χ4n) is 2.41. The third kappa shape index (κ3) is 3.75. The summed E-state index contributed by atoms with van der Waals surface area (Å²) >= 11 is 5.91. The standard InChI is InChI=1S/C17H10ClN5O4/c18-14-5-11(2-1-10(14)7-19)21-16(24)8-22-9-20-15-4-3-12(23(26)27)6-13(15)17(22)25/h1-6,9H,8H2,(H,21,24). The third-order valence-corrected chi connectivity index (χ3v) is 4.02. The van der Waals surface area contributed by atoms with Gasteiger partial charge in [0.1, 0.15) is 12.6 Å². The fourth-order valence-corrected chi connectivity index (χ4v) is 2.63. The van der Waals surface area contributed by atoms with Crippen LogP contribution in [0, 0.1) is 21.4 Å². The number of carbonyl (C=O) groups is 1. The Morgan fingerprint density at radius 2 is 2.11 bits per heavy atom. The number of rotatable bonds is 4. The highest BCUT2D eigenvalue weighted by molar-refractivity contribution is 6.32. The van der Waals surface area contributed by atoms with Gasteiger partial charge >= 0.3 is 0 Å². The van der Waals surface area contributed by atoms with Crippen molar-refractivity contribution in [1.82, 2.24) is 9.55 Å². The number of carbonyl (C=O) groups excluding carboxylic acids is 1. The van der Waals surface area contributed by atoms with E-state index in [1.165, 1.54) is 36.7 Å². The Bertz CT molecular complexity index is 1180. The SMILES string of the molecule is N#Cc1ccc(NC(=O)Cn2cnc3ccc([N+](=O)[O-])cc3c2=O)cc1Cl. The number of anilines is 1. The zero-order valence-corrected chi connectivity index (χ0v) is 14.3. The molecule has 2 aromatic carbocycles. The van der Waals surface area contributed by atoms with E-state index in [9.17, 15) is 19.7 Å². The van der Waals surface area contributed by atoms with E-state index in [2.05, 4.69) is 10.3 Å². The van der Waals surface area contributed by atoms with Gasteiger partial charge in [-0.1, -0.05) is 11.6 Å². The van der Waals surface area contributed by atoms with Crippen molar-refractivity contribution in [3.8, 4) is 6.07 Å². The predicted molar refractivity (Wildman–Crippen MR) is 97.5 cm³/mol. The normalized spacial score (nSPS) is 10.4. The van der Waals surface area contributed by atoms with E-state index >= 15 is 0 Å². The Morgan fingerprint density at radius 1 is 1.33 bits per heavy atom. The van der Waals surface area contributed by atoms with E-state index in [0.29, 0.717) is 11.2 Å². The van der Waals surface area contributed by atoms with E-state index in [1.54, 1.807) is 0 Å². The molecule has 0 spiro atoms. The zero-order chi connectivity index (χ0) is 19.6. The number of nitriles is 1. The molecule has 1 aromatic heterocycles. The molecule has 0 bridgehead atoms. The van der Waals surface area contributed by atoms with Gasteiger partial charge in [0, 0.05) is 17.8 Å². The highest BCUT2D eigenvalue weighted by Gasteiger charge is 2.13. The van der Waals surface area contributed by atoms with Crippen molar-refractivity contribution < 1.29 is 9.72 Å². The minimum absolute atomic E-state index is 0.0425. The van der Waals surface area contributed by atoms with Gasteiger partial charge in [0.15, 0.2) is 0 Å². The van der Waals surface area contributed by atoms with Gasteiger partial charge in [-0.05, 0) is 24.3 Å². The summed E-state index contributed by atoms with van der Waals surface area (Å²) in [5.41, 5.74) is 0.112. The maximum Gasteiger partial charge on any atom is 0.270 e. The monoisotopic (exact) mass is 383 g/mol. The maximum atomic E-state index is 12.5. The minimum Gasteiger partial charge on any atom is -0.324 e. The molecule has 0 saturated heterocycles. The first kappa shape index (κ1) is 18.0. The molecule has 1 heterocycles. The first-order valence-electron chi connectivity index (χ1n) is 7.52. The molecule has 3 aromatic rings. The summed E-state index contributed by atoms with van der Waals surface area (Å²) < 4.78 is 1.05. The van der Waals surface area contributed by atoms with E-state index in [4.69, 9.17) is 16.9 Å². The molecule has 0 fully saturated rings. The van der Waals surface area contributed by atoms with Gasteiger partial charge in [-0.2, -0.15) is 5.26 Å². The van der Waals surface area contributed by atoms with E-state index in [-0.39, 0.29) is 28.2 Å². The molecule has 27 heavy (non-hydrogen) atoms. The van der Waals surface area contributed by atoms with E-state index in [1.807, 2.05) is 6.07 Å². The smallest absolute Gasteiger partial charge is 0.270 e. The number of benzene rings is 2. The van der Waals surface area contributed by atoms with Gasteiger partial charge in [0.25, 0.3) is 11.2 Å². The Morgan fingerprint density at radius 3 is 2.78 bits per heavy atom. The van der Waals surface area contributed by atoms with Crippen LogP contribution in [-0.4, -0.2) is 20.4 Å². The number of hydrogen-bond acceptors (Lipinski definition) is 6. The van der Waals surface area contributed by atoms with Crippen LogP contribution in [0.4, 0.5) is 11.4 Å². The highest BCUT2D eigenvalue weighted by atomic mass is 35.5. The predicted octanol–water partition coefficient (Wildman–Crippen LogP) is 2.47. The zero-order valence-electron chi connectivity index (χ0n) is 13.5. The van der Waals surface area contributed by atoms with Crippen LogP contribution >= 0.6 is 11.6 Å². The molecule has 10 heteroatoms. The molecule has 1 amide bonds. The molecule has 0 aliphatic heterocycles. The second-order valence-corrected chi connectivity index (χ2v) is 5.90. The molecule has 134 valence electrons. The number of halogens is 1. The van der Waals surface area contributed by atoms with Gasteiger partial charge < -0.3 is 5.32 Å². The largest absolute Gasteiger partial charge is 0.324 e. The number of nitrogens with zero attached hydrogens (tertiary/aromatic N) is 4. The van der Waals surface area contributed by atoms with Crippen LogP contribution in [0.2, 0.25) is 5.02 Å². The van der Waals surface area contributed by atoms with E-state index in [0.717, 1.165) is 10.6 Å². The van der Waals surface area contributed by atoms with Gasteiger partial charge in [0.05, 0.1) is 32.7 Å². The second-order valence-electron chi connectivity index (χ2n) is 5.49. The highest BCUT2D eigenvalue weighted by Crippen LogP contribution is 2.20. The summed E-state index contributed by atoms with van der Waals surface area (Å²) in [7, 11) is 0. The summed E-state index contributed by atoms with van der Waals surface area (Å²) in [6, 6.07) is 10.0. The van der Waals surface area contributed by atoms with Crippen LogP contribution in [0.1, 0.15) is 5.56 Å². The number of hydrogen-bond donors (Lipinski definition) is 1. The Labute approximate surface area is 156 Å². The number of nitrogens with one attached hydrogen (secondary N) is 1. The van der Waals surface area contributed by atoms with Crippen LogP contribution in [0.3, 0.4) is 0 Å². The molecular formula is C17H10ClN5O4. The molecule has 0 aliphatic carbocycles. The van der Waals surface area contributed by atoms with Crippen molar-refractivity contribution in [2.75, 3.05) is 5.32 Å². The van der Waals surface area contributed by atoms with Crippen molar-refractivity contribution in [2.24, 2.45) is 0 Å². The number of aromatic nitrogens is 2. The second kappa shape index (κ2) is 7.23. The molecular weight excluding hydrogens is 374 g/mol. The summed E-state index contributed by atoms with van der Waals surface area (Å²) in [5.74, 6) is -0.524. The molecule has 0 aliphatic rings. The number of non-ortho nitro benzene ring substituents is 1. The average molecular weight is 384 g/mol. The first-order valence-corrected chi connectivity index (χ1v) is 7.90. The molecule has 3 rings (SSSR count). The van der Waals surface area contributed by atoms with Gasteiger partial charge in [-0.25, -0.2) is 4.98 Å². The molecule has 0 unspecified atom stereocenters. The lowest BCUT2D eigenvalue weighted by Crippen LogP contribution is -2.28. The number of amides is 1. The topological polar surface area (TPSA) is 131 Å². The van der Waals surface area contributed by atoms with Crippen molar-refractivity contribution in [3.05, 3.63) is 73.8 Å². The van der Waals surface area contributed by atoms with Crippen LogP contribution in [0.25, 0.3) is 10.9 Å². The summed E-state index contributed by atoms with van der Waals surface area (Å²) in [6.07, 6.45) is 1.20. The Balaban J connectivity index is 1.85. The lowest BCUT2D eigenvalue weighted by molar-refractivity contribution is -0.384. The Kier molecular flexibility index (Phi) is 4.83. The van der Waals surface area contributed by atoms with Gasteiger partial charge in [-0.3, -0.25) is 24.3 Å². The van der Waals surface area contributed by atoms with E-state index < -0.39 is 16.4 Å². The van der Waals surface area contributed by atoms with Crippen molar-refractivity contribution >= 4 is 39.8 Å². The first-order chi connectivity index (χ1) is 12.9. The number of nitro groups is 1. The Hall–Kier alpha value is -3.77. The molecule has 0 saturated carbocycles. The summed E-state index contributed by atoms with van der Waals surface area (Å²) in [6.45, 7) is -0.345. The van der Waals surface area contributed by atoms with Crippen molar-refractivity contribution in [1.29, 1.82) is 5.26 Å². The van der Waals surface area contributed by atoms with Crippen LogP contribution in [-0.2, 0) is 11.3 Å². The van der Waals surface area contributed by atoms with Gasteiger partial charge in [-0.15, -0.1) is 0 Å². The third-order valence-electron chi connectivity index (χ3n) is 3.71. The minimum atomic E-state index is -0.614. The van der Waals surface area contributed by atoms with Crippen molar-refractivity contribution in [3.63, 3.8) is 0 Å². The maximum absolute atomic E-state index is 12.5. The number of fused-ring (bicyclic) bond motifs is 1. The van der Waals surface area contributed by atoms with Crippen molar-refractivity contribution in [2.45, 2.75) is 6.54 Å². The average Bonchev–Trinajstić information content (AvgIpc) is 2.64. The van der Waals surface area contributed by atoms with Gasteiger partial charge in [0.2, 0.25) is 5.91 Å². The van der Waals surface area contributed by atoms with Crippen LogP contribution in [0.15, 0.2) is 47.5 Å². The molecule has 0 atom stereocenters. The van der Waals surface area contributed by atoms with Crippen LogP contribution in [0.5, 0.6) is 0 Å². The number of nitro benzene ring substituents is 1. The fraction of sp³-hybridized carbons (Fsp3) is 0.0588. The van der Waals surface area contributed by atoms with Crippen LogP contribution < -0.4 is 10.9 Å². The quantitative estimate of drug-likeness (QED) is 0.543. The lowest BCUT2D eigenvalue weighted by atomic mass is 10.2. The summed E-state index contributed by atoms with van der Waals surface area (Å²) in [5, 5.41) is 22.5. The molecule has 0 radical (unpaired) electrons. The molecule has 9 nitrogen and oxygen atoms in total. The molecule has 1 N–H and O–H groups in total. The lowest BCUT2D eigenvalue weighted by Gasteiger charge is -2.08. The summed E-state index contributed by atoms with van der Waals surface area (Å²) in [4.78, 5) is 39.0.